The van der Waals surface area contributed by atoms with Crippen molar-refractivity contribution in [1.82, 2.24) is 10.2 Å². The molecule has 2 aliphatic heterocycles. The van der Waals surface area contributed by atoms with E-state index in [0.717, 1.165) is 37.3 Å². The van der Waals surface area contributed by atoms with E-state index in [-0.39, 0.29) is 6.03 Å². The third-order valence-electron chi connectivity index (χ3n) is 4.82. The van der Waals surface area contributed by atoms with Crippen LogP contribution in [0.4, 0.5) is 10.5 Å². The fourth-order valence-electron chi connectivity index (χ4n) is 3.65. The monoisotopic (exact) mass is 307 g/mol. The zero-order valence-electron chi connectivity index (χ0n) is 12.5. The summed E-state index contributed by atoms with van der Waals surface area (Å²) in [6.45, 7) is 7.02. The molecule has 2 heterocycles. The average Bonchev–Trinajstić information content (AvgIpc) is 3.02. The molecule has 1 aromatic carbocycles. The van der Waals surface area contributed by atoms with Gasteiger partial charge in [0.25, 0.3) is 0 Å². The Morgan fingerprint density at radius 2 is 2.29 bits per heavy atom. The van der Waals surface area contributed by atoms with E-state index >= 15 is 0 Å². The molecule has 2 N–H and O–H groups in total. The molecule has 3 unspecified atom stereocenters. The molecule has 2 aliphatic rings. The molecule has 0 aromatic heterocycles. The standard InChI is InChI=1S/C16H22ClN3O/c1-3-15-13-8-18-7-11(13)9-20(15)16(21)19-12-5-4-10(2)14(17)6-12/h4-6,11,13,15,18H,3,7-9H2,1-2H3,(H,19,21). The predicted molar refractivity (Wildman–Crippen MR) is 85.8 cm³/mol. The summed E-state index contributed by atoms with van der Waals surface area (Å²) in [5.74, 6) is 1.20. The Bertz CT molecular complexity index is 548. The van der Waals surface area contributed by atoms with Gasteiger partial charge in [-0.1, -0.05) is 24.6 Å². The molecule has 2 saturated heterocycles. The van der Waals surface area contributed by atoms with E-state index in [4.69, 9.17) is 11.6 Å². The van der Waals surface area contributed by atoms with E-state index in [2.05, 4.69) is 17.6 Å². The first-order chi connectivity index (χ1) is 10.1. The number of halogens is 1. The molecule has 2 fully saturated rings. The number of fused-ring (bicyclic) bond motifs is 1. The van der Waals surface area contributed by atoms with Crippen molar-refractivity contribution in [2.24, 2.45) is 11.8 Å². The maximum Gasteiger partial charge on any atom is 0.322 e. The highest BCUT2D eigenvalue weighted by molar-refractivity contribution is 6.31. The lowest BCUT2D eigenvalue weighted by atomic mass is 9.93. The Kier molecular flexibility index (Phi) is 4.09. The minimum Gasteiger partial charge on any atom is -0.321 e. The van der Waals surface area contributed by atoms with Gasteiger partial charge in [0.05, 0.1) is 0 Å². The molecular weight excluding hydrogens is 286 g/mol. The second-order valence-electron chi connectivity index (χ2n) is 6.10. The summed E-state index contributed by atoms with van der Waals surface area (Å²) < 4.78 is 0. The van der Waals surface area contributed by atoms with Crippen molar-refractivity contribution in [1.29, 1.82) is 0 Å². The second-order valence-corrected chi connectivity index (χ2v) is 6.51. The van der Waals surface area contributed by atoms with Crippen molar-refractivity contribution in [2.75, 3.05) is 25.0 Å². The third kappa shape index (κ3) is 2.74. The Morgan fingerprint density at radius 1 is 1.48 bits per heavy atom. The zero-order valence-corrected chi connectivity index (χ0v) is 13.3. The van der Waals surface area contributed by atoms with Crippen molar-refractivity contribution in [3.8, 4) is 0 Å². The maximum absolute atomic E-state index is 12.6. The number of hydrogen-bond donors (Lipinski definition) is 2. The van der Waals surface area contributed by atoms with Gasteiger partial charge in [0, 0.05) is 36.4 Å². The predicted octanol–water partition coefficient (Wildman–Crippen LogP) is 3.11. The summed E-state index contributed by atoms with van der Waals surface area (Å²) in [5, 5.41) is 7.11. The number of nitrogens with one attached hydrogen (secondary N) is 2. The topological polar surface area (TPSA) is 44.4 Å². The highest BCUT2D eigenvalue weighted by Gasteiger charge is 2.45. The smallest absolute Gasteiger partial charge is 0.321 e. The quantitative estimate of drug-likeness (QED) is 0.882. The molecule has 0 radical (unpaired) electrons. The minimum atomic E-state index is -0.00355. The van der Waals surface area contributed by atoms with Crippen LogP contribution in [0, 0.1) is 18.8 Å². The Labute approximate surface area is 130 Å². The number of rotatable bonds is 2. The fraction of sp³-hybridized carbons (Fsp3) is 0.562. The molecule has 0 spiro atoms. The van der Waals surface area contributed by atoms with Crippen molar-refractivity contribution < 1.29 is 4.79 Å². The van der Waals surface area contributed by atoms with E-state index < -0.39 is 0 Å². The van der Waals surface area contributed by atoms with Crippen molar-refractivity contribution in [3.63, 3.8) is 0 Å². The van der Waals surface area contributed by atoms with Crippen LogP contribution in [0.1, 0.15) is 18.9 Å². The van der Waals surface area contributed by atoms with Crippen LogP contribution >= 0.6 is 11.6 Å². The first-order valence-corrected chi connectivity index (χ1v) is 8.02. The van der Waals surface area contributed by atoms with Gasteiger partial charge in [-0.25, -0.2) is 4.79 Å². The van der Waals surface area contributed by atoms with Crippen LogP contribution in [-0.2, 0) is 0 Å². The molecule has 114 valence electrons. The second kappa shape index (κ2) is 5.85. The van der Waals surface area contributed by atoms with Gasteiger partial charge in [-0.3, -0.25) is 0 Å². The van der Waals surface area contributed by atoms with Gasteiger partial charge in [0.15, 0.2) is 0 Å². The lowest BCUT2D eigenvalue weighted by molar-refractivity contribution is 0.196. The van der Waals surface area contributed by atoms with E-state index in [1.54, 1.807) is 0 Å². The van der Waals surface area contributed by atoms with Crippen LogP contribution in [0.5, 0.6) is 0 Å². The Balaban J connectivity index is 1.71. The molecule has 3 atom stereocenters. The van der Waals surface area contributed by atoms with Crippen LogP contribution in [0.2, 0.25) is 5.02 Å². The van der Waals surface area contributed by atoms with E-state index in [1.165, 1.54) is 0 Å². The van der Waals surface area contributed by atoms with Gasteiger partial charge in [-0.2, -0.15) is 0 Å². The van der Waals surface area contributed by atoms with Gasteiger partial charge in [-0.05, 0) is 42.9 Å². The summed E-state index contributed by atoms with van der Waals surface area (Å²) in [6.07, 6.45) is 1.00. The lowest BCUT2D eigenvalue weighted by Gasteiger charge is -2.27. The lowest BCUT2D eigenvalue weighted by Crippen LogP contribution is -2.42. The number of carbonyl (C=O) groups is 1. The number of hydrogen-bond acceptors (Lipinski definition) is 2. The third-order valence-corrected chi connectivity index (χ3v) is 5.23. The first-order valence-electron chi connectivity index (χ1n) is 7.64. The van der Waals surface area contributed by atoms with Crippen LogP contribution in [0.15, 0.2) is 18.2 Å². The molecule has 0 bridgehead atoms. The van der Waals surface area contributed by atoms with Gasteiger partial charge in [-0.15, -0.1) is 0 Å². The number of carbonyl (C=O) groups excluding carboxylic acids is 1. The highest BCUT2D eigenvalue weighted by Crippen LogP contribution is 2.34. The number of benzene rings is 1. The van der Waals surface area contributed by atoms with Crippen molar-refractivity contribution >= 4 is 23.3 Å². The summed E-state index contributed by atoms with van der Waals surface area (Å²) in [7, 11) is 0. The summed E-state index contributed by atoms with van der Waals surface area (Å²) >= 11 is 6.12. The number of urea groups is 1. The molecule has 0 saturated carbocycles. The van der Waals surface area contributed by atoms with Gasteiger partial charge in [0.2, 0.25) is 0 Å². The van der Waals surface area contributed by atoms with Crippen LogP contribution in [0.3, 0.4) is 0 Å². The molecule has 5 heteroatoms. The minimum absolute atomic E-state index is 0.00355. The zero-order chi connectivity index (χ0) is 15.0. The molecule has 4 nitrogen and oxygen atoms in total. The number of aryl methyl sites for hydroxylation is 1. The highest BCUT2D eigenvalue weighted by atomic mass is 35.5. The number of nitrogens with zero attached hydrogens (tertiary/aromatic N) is 1. The molecular formula is C16H22ClN3O. The van der Waals surface area contributed by atoms with Gasteiger partial charge >= 0.3 is 6.03 Å². The maximum atomic E-state index is 12.6. The number of likely N-dealkylation sites (tertiary alicyclic amines) is 1. The molecule has 0 aliphatic carbocycles. The normalized spacial score (nSPS) is 27.8. The van der Waals surface area contributed by atoms with E-state index in [0.29, 0.717) is 22.9 Å². The Hall–Kier alpha value is -1.26. The largest absolute Gasteiger partial charge is 0.322 e. The van der Waals surface area contributed by atoms with E-state index in [9.17, 15) is 4.79 Å². The van der Waals surface area contributed by atoms with Gasteiger partial charge in [0.1, 0.15) is 0 Å². The molecule has 3 rings (SSSR count). The average molecular weight is 308 g/mol. The molecule has 21 heavy (non-hydrogen) atoms. The summed E-state index contributed by atoms with van der Waals surface area (Å²) in [5.41, 5.74) is 1.78. The molecule has 2 amide bonds. The van der Waals surface area contributed by atoms with Gasteiger partial charge < -0.3 is 15.5 Å². The van der Waals surface area contributed by atoms with Crippen molar-refractivity contribution in [3.05, 3.63) is 28.8 Å². The van der Waals surface area contributed by atoms with Crippen LogP contribution < -0.4 is 10.6 Å². The number of amides is 2. The SMILES string of the molecule is CCC1C2CNCC2CN1C(=O)Nc1ccc(C)c(Cl)c1. The summed E-state index contributed by atoms with van der Waals surface area (Å²) in [4.78, 5) is 14.6. The first kappa shape index (κ1) is 14.7. The Morgan fingerprint density at radius 3 is 3.00 bits per heavy atom. The van der Waals surface area contributed by atoms with Crippen molar-refractivity contribution in [2.45, 2.75) is 26.3 Å². The van der Waals surface area contributed by atoms with Crippen LogP contribution in [-0.4, -0.2) is 36.6 Å². The van der Waals surface area contributed by atoms with Crippen LogP contribution in [0.25, 0.3) is 0 Å². The van der Waals surface area contributed by atoms with E-state index in [1.807, 2.05) is 30.0 Å². The fourth-order valence-corrected chi connectivity index (χ4v) is 3.83. The number of anilines is 1. The summed E-state index contributed by atoms with van der Waals surface area (Å²) in [6, 6.07) is 5.98. The molecule has 1 aromatic rings.